The van der Waals surface area contributed by atoms with Crippen LogP contribution in [0.25, 0.3) is 11.1 Å². The molecule has 0 spiro atoms. The molecule has 1 saturated heterocycles. The van der Waals surface area contributed by atoms with Gasteiger partial charge >= 0.3 is 0 Å². The lowest BCUT2D eigenvalue weighted by Crippen LogP contribution is -2.37. The van der Waals surface area contributed by atoms with E-state index in [2.05, 4.69) is 66.4 Å². The average molecular weight is 469 g/mol. The molecule has 4 nitrogen and oxygen atoms in total. The number of nitroso groups, excluding NO2 is 1. The molecule has 1 heterocycles. The zero-order valence-electron chi connectivity index (χ0n) is 20.9. The number of nitrogens with zero attached hydrogens (tertiary/aromatic N) is 2. The van der Waals surface area contributed by atoms with Gasteiger partial charge in [0, 0.05) is 12.6 Å². The van der Waals surface area contributed by atoms with Gasteiger partial charge in [0.2, 0.25) is 0 Å². The SMILES string of the molecule is CC(C)N1CCC(c2cccc(/C(=C(/CCCO)c3ccccc3)c3cccc(N=O)c3)c2)CC1. The molecule has 1 fully saturated rings. The molecule has 4 rings (SSSR count). The highest BCUT2D eigenvalue weighted by molar-refractivity contribution is 5.99. The Morgan fingerprint density at radius 3 is 2.23 bits per heavy atom. The van der Waals surface area contributed by atoms with Crippen LogP contribution in [0.1, 0.15) is 67.7 Å². The first kappa shape index (κ1) is 25.0. The number of aliphatic hydroxyl groups excluding tert-OH is 1. The van der Waals surface area contributed by atoms with E-state index in [1.54, 1.807) is 6.07 Å². The van der Waals surface area contributed by atoms with Crippen LogP contribution in [-0.2, 0) is 0 Å². The van der Waals surface area contributed by atoms with Crippen molar-refractivity contribution in [2.45, 2.75) is 51.5 Å². The Labute approximate surface area is 209 Å². The molecule has 3 aromatic rings. The maximum absolute atomic E-state index is 11.4. The van der Waals surface area contributed by atoms with Gasteiger partial charge in [-0.05, 0) is 109 Å². The fourth-order valence-corrected chi connectivity index (χ4v) is 5.24. The van der Waals surface area contributed by atoms with Gasteiger partial charge in [0.1, 0.15) is 5.69 Å². The molecule has 0 aliphatic carbocycles. The Kier molecular flexibility index (Phi) is 8.62. The van der Waals surface area contributed by atoms with E-state index < -0.39 is 0 Å². The van der Waals surface area contributed by atoms with E-state index in [9.17, 15) is 10.0 Å². The molecular weight excluding hydrogens is 432 g/mol. The van der Waals surface area contributed by atoms with Gasteiger partial charge in [-0.15, -0.1) is 4.91 Å². The lowest BCUT2D eigenvalue weighted by Gasteiger charge is -2.35. The van der Waals surface area contributed by atoms with Crippen molar-refractivity contribution in [2.24, 2.45) is 5.18 Å². The van der Waals surface area contributed by atoms with Crippen LogP contribution in [0.3, 0.4) is 0 Å². The summed E-state index contributed by atoms with van der Waals surface area (Å²) in [4.78, 5) is 13.9. The standard InChI is InChI=1S/C31H36N2O2/c1-23(2)33-18-16-24(17-19-33)26-11-6-12-27(21-26)31(28-13-7-14-29(22-28)32-35)30(15-8-20-34)25-9-4-3-5-10-25/h3-7,9-14,21-24,34H,8,15-20H2,1-2H3/b31-30+. The third-order valence-electron chi connectivity index (χ3n) is 7.16. The second kappa shape index (κ2) is 12.1. The topological polar surface area (TPSA) is 52.9 Å². The van der Waals surface area contributed by atoms with Crippen LogP contribution in [0.4, 0.5) is 5.69 Å². The summed E-state index contributed by atoms with van der Waals surface area (Å²) in [5.41, 5.74) is 7.34. The van der Waals surface area contributed by atoms with Gasteiger partial charge < -0.3 is 10.0 Å². The second-order valence-electron chi connectivity index (χ2n) is 9.72. The molecule has 1 N–H and O–H groups in total. The van der Waals surface area contributed by atoms with Gasteiger partial charge in [-0.3, -0.25) is 0 Å². The maximum Gasteiger partial charge on any atom is 0.108 e. The Morgan fingerprint density at radius 2 is 1.57 bits per heavy atom. The molecule has 3 aromatic carbocycles. The Hall–Kier alpha value is -3.08. The minimum absolute atomic E-state index is 0.133. The smallest absolute Gasteiger partial charge is 0.108 e. The van der Waals surface area contributed by atoms with Crippen molar-refractivity contribution < 1.29 is 5.11 Å². The molecular formula is C31H36N2O2. The lowest BCUT2D eigenvalue weighted by atomic mass is 9.83. The summed E-state index contributed by atoms with van der Waals surface area (Å²) >= 11 is 0. The molecule has 0 radical (unpaired) electrons. The van der Waals surface area contributed by atoms with E-state index >= 15 is 0 Å². The Morgan fingerprint density at radius 1 is 0.914 bits per heavy atom. The van der Waals surface area contributed by atoms with Gasteiger partial charge in [-0.1, -0.05) is 66.7 Å². The van der Waals surface area contributed by atoms with Gasteiger partial charge in [0.05, 0.1) is 0 Å². The predicted molar refractivity (Wildman–Crippen MR) is 146 cm³/mol. The number of likely N-dealkylation sites (tertiary alicyclic amines) is 1. The number of piperidine rings is 1. The first-order chi connectivity index (χ1) is 17.1. The molecule has 4 heteroatoms. The van der Waals surface area contributed by atoms with Crippen molar-refractivity contribution in [1.82, 2.24) is 4.90 Å². The summed E-state index contributed by atoms with van der Waals surface area (Å²) in [7, 11) is 0. The van der Waals surface area contributed by atoms with Crippen LogP contribution < -0.4 is 0 Å². The van der Waals surface area contributed by atoms with Gasteiger partial charge in [0.25, 0.3) is 0 Å². The summed E-state index contributed by atoms with van der Waals surface area (Å²) in [5, 5.41) is 12.9. The lowest BCUT2D eigenvalue weighted by molar-refractivity contribution is 0.172. The van der Waals surface area contributed by atoms with Crippen LogP contribution in [0, 0.1) is 4.91 Å². The van der Waals surface area contributed by atoms with Crippen LogP contribution in [0.5, 0.6) is 0 Å². The molecule has 0 amide bonds. The van der Waals surface area contributed by atoms with Crippen molar-refractivity contribution >= 4 is 16.8 Å². The number of hydrogen-bond donors (Lipinski definition) is 1. The highest BCUT2D eigenvalue weighted by Gasteiger charge is 2.23. The van der Waals surface area contributed by atoms with E-state index in [1.807, 2.05) is 30.3 Å². The van der Waals surface area contributed by atoms with Crippen molar-refractivity contribution in [3.63, 3.8) is 0 Å². The molecule has 0 aromatic heterocycles. The fourth-order valence-electron chi connectivity index (χ4n) is 5.24. The summed E-state index contributed by atoms with van der Waals surface area (Å²) in [6.07, 6.45) is 3.75. The van der Waals surface area contributed by atoms with Crippen molar-refractivity contribution in [2.75, 3.05) is 19.7 Å². The normalized spacial score (nSPS) is 15.8. The van der Waals surface area contributed by atoms with Crippen LogP contribution in [0.15, 0.2) is 84.0 Å². The predicted octanol–water partition coefficient (Wildman–Crippen LogP) is 7.40. The quantitative estimate of drug-likeness (QED) is 0.263. The molecule has 1 aliphatic rings. The zero-order chi connectivity index (χ0) is 24.6. The van der Waals surface area contributed by atoms with Crippen LogP contribution >= 0.6 is 0 Å². The first-order valence-corrected chi connectivity index (χ1v) is 12.8. The van der Waals surface area contributed by atoms with E-state index in [0.717, 1.165) is 41.8 Å². The van der Waals surface area contributed by atoms with Gasteiger partial charge in [0.15, 0.2) is 0 Å². The molecule has 35 heavy (non-hydrogen) atoms. The highest BCUT2D eigenvalue weighted by Crippen LogP contribution is 2.38. The number of allylic oxidation sites excluding steroid dienone is 1. The van der Waals surface area contributed by atoms with Gasteiger partial charge in [-0.25, -0.2) is 0 Å². The van der Waals surface area contributed by atoms with E-state index in [4.69, 9.17) is 0 Å². The van der Waals surface area contributed by atoms with Crippen molar-refractivity contribution in [3.8, 4) is 0 Å². The van der Waals surface area contributed by atoms with E-state index in [-0.39, 0.29) is 6.61 Å². The maximum atomic E-state index is 11.4. The average Bonchev–Trinajstić information content (AvgIpc) is 2.91. The van der Waals surface area contributed by atoms with Crippen molar-refractivity contribution in [3.05, 3.63) is 106 Å². The number of aliphatic hydroxyl groups is 1. The largest absolute Gasteiger partial charge is 0.396 e. The second-order valence-corrected chi connectivity index (χ2v) is 9.72. The third-order valence-corrected chi connectivity index (χ3v) is 7.16. The Bertz CT molecular complexity index is 1150. The summed E-state index contributed by atoms with van der Waals surface area (Å²) < 4.78 is 0. The molecule has 0 saturated carbocycles. The van der Waals surface area contributed by atoms with E-state index in [1.165, 1.54) is 24.0 Å². The zero-order valence-corrected chi connectivity index (χ0v) is 20.9. The third kappa shape index (κ3) is 6.14. The monoisotopic (exact) mass is 468 g/mol. The summed E-state index contributed by atoms with van der Waals surface area (Å²) in [5.74, 6) is 0.548. The molecule has 182 valence electrons. The first-order valence-electron chi connectivity index (χ1n) is 12.8. The van der Waals surface area contributed by atoms with Gasteiger partial charge in [-0.2, -0.15) is 0 Å². The minimum Gasteiger partial charge on any atom is -0.396 e. The van der Waals surface area contributed by atoms with E-state index in [0.29, 0.717) is 24.1 Å². The molecule has 0 atom stereocenters. The minimum atomic E-state index is 0.133. The number of hydrogen-bond acceptors (Lipinski definition) is 4. The molecule has 1 aliphatic heterocycles. The molecule has 0 unspecified atom stereocenters. The van der Waals surface area contributed by atoms with Crippen molar-refractivity contribution in [1.29, 1.82) is 0 Å². The number of rotatable bonds is 9. The fraction of sp³-hybridized carbons (Fsp3) is 0.355. The Balaban J connectivity index is 1.82. The number of benzene rings is 3. The summed E-state index contributed by atoms with van der Waals surface area (Å²) in [6.45, 7) is 6.95. The highest BCUT2D eigenvalue weighted by atomic mass is 16.3. The van der Waals surface area contributed by atoms with Crippen LogP contribution in [-0.4, -0.2) is 35.7 Å². The summed E-state index contributed by atoms with van der Waals surface area (Å²) in [6, 6.07) is 27.5. The molecule has 0 bridgehead atoms. The van der Waals surface area contributed by atoms with Crippen LogP contribution in [0.2, 0.25) is 0 Å².